The molecule has 0 saturated carbocycles. The molecule has 118 valence electrons. The lowest BCUT2D eigenvalue weighted by Gasteiger charge is -2.29. The fraction of sp³-hybridized carbons (Fsp3) is 0.350. The van der Waals surface area contributed by atoms with Gasteiger partial charge >= 0.3 is 0 Å². The van der Waals surface area contributed by atoms with E-state index in [0.717, 1.165) is 24.2 Å². The SMILES string of the molecule is OC1(c2ccccc2)C[N+]2=C(CCCCC2)N1c1ccccc1. The second-order valence-corrected chi connectivity index (χ2v) is 6.50. The van der Waals surface area contributed by atoms with Crippen molar-refractivity contribution in [1.82, 2.24) is 0 Å². The smallest absolute Gasteiger partial charge is 0.275 e. The molecule has 0 amide bonds. The van der Waals surface area contributed by atoms with E-state index in [0.29, 0.717) is 6.54 Å². The molecule has 2 aromatic carbocycles. The van der Waals surface area contributed by atoms with Crippen LogP contribution in [0.4, 0.5) is 5.69 Å². The normalized spacial score (nSPS) is 24.5. The Morgan fingerprint density at radius 1 is 0.870 bits per heavy atom. The van der Waals surface area contributed by atoms with Gasteiger partial charge < -0.3 is 5.11 Å². The van der Waals surface area contributed by atoms with Gasteiger partial charge in [-0.05, 0) is 31.4 Å². The molecule has 2 aliphatic rings. The Bertz CT molecular complexity index is 711. The summed E-state index contributed by atoms with van der Waals surface area (Å²) in [5.41, 5.74) is 1.04. The van der Waals surface area contributed by atoms with E-state index in [-0.39, 0.29) is 0 Å². The predicted molar refractivity (Wildman–Crippen MR) is 92.7 cm³/mol. The van der Waals surface area contributed by atoms with Gasteiger partial charge in [-0.2, -0.15) is 4.90 Å². The summed E-state index contributed by atoms with van der Waals surface area (Å²) in [6.45, 7) is 1.68. The highest BCUT2D eigenvalue weighted by Gasteiger charge is 2.53. The van der Waals surface area contributed by atoms with Gasteiger partial charge in [-0.25, -0.2) is 0 Å². The van der Waals surface area contributed by atoms with Gasteiger partial charge in [0.15, 0.2) is 6.54 Å². The van der Waals surface area contributed by atoms with Crippen LogP contribution in [0.15, 0.2) is 60.7 Å². The lowest BCUT2D eigenvalue weighted by atomic mass is 10.00. The molecular weight excluding hydrogens is 284 g/mol. The molecule has 0 fully saturated rings. The Kier molecular flexibility index (Phi) is 3.66. The van der Waals surface area contributed by atoms with E-state index in [1.807, 2.05) is 48.5 Å². The quantitative estimate of drug-likeness (QED) is 0.861. The first-order valence-electron chi connectivity index (χ1n) is 8.53. The van der Waals surface area contributed by atoms with E-state index in [1.165, 1.54) is 25.1 Å². The van der Waals surface area contributed by atoms with E-state index in [1.54, 1.807) is 0 Å². The third-order valence-corrected chi connectivity index (χ3v) is 4.98. The van der Waals surface area contributed by atoms with Gasteiger partial charge in [0.2, 0.25) is 0 Å². The van der Waals surface area contributed by atoms with Crippen molar-refractivity contribution in [3.63, 3.8) is 0 Å². The largest absolute Gasteiger partial charge is 0.346 e. The highest BCUT2D eigenvalue weighted by Crippen LogP contribution is 2.37. The van der Waals surface area contributed by atoms with Crippen molar-refractivity contribution in [2.75, 3.05) is 18.0 Å². The Morgan fingerprint density at radius 3 is 2.30 bits per heavy atom. The molecule has 3 nitrogen and oxygen atoms in total. The third kappa shape index (κ3) is 2.45. The Balaban J connectivity index is 1.84. The average molecular weight is 307 g/mol. The van der Waals surface area contributed by atoms with E-state index in [9.17, 15) is 5.11 Å². The number of amidine groups is 1. The molecule has 1 N–H and O–H groups in total. The molecule has 4 rings (SSSR count). The Hall–Kier alpha value is -2.13. The molecular formula is C20H23N2O+. The number of nitrogens with zero attached hydrogens (tertiary/aromatic N) is 2. The molecule has 0 radical (unpaired) electrons. The zero-order valence-electron chi connectivity index (χ0n) is 13.4. The molecule has 0 aromatic heterocycles. The van der Waals surface area contributed by atoms with Gasteiger partial charge in [-0.3, -0.25) is 4.58 Å². The summed E-state index contributed by atoms with van der Waals surface area (Å²) in [7, 11) is 0. The summed E-state index contributed by atoms with van der Waals surface area (Å²) in [6.07, 6.45) is 4.70. The lowest BCUT2D eigenvalue weighted by molar-refractivity contribution is -0.534. The number of aliphatic hydroxyl groups is 1. The molecule has 0 saturated heterocycles. The second kappa shape index (κ2) is 5.82. The third-order valence-electron chi connectivity index (χ3n) is 4.98. The Morgan fingerprint density at radius 2 is 1.57 bits per heavy atom. The average Bonchev–Trinajstić information content (AvgIpc) is 2.73. The Labute approximate surface area is 137 Å². The van der Waals surface area contributed by atoms with Crippen molar-refractivity contribution < 1.29 is 9.68 Å². The minimum atomic E-state index is -0.991. The van der Waals surface area contributed by atoms with E-state index < -0.39 is 5.72 Å². The molecule has 0 aliphatic carbocycles. The van der Waals surface area contributed by atoms with Crippen molar-refractivity contribution >= 4 is 11.5 Å². The maximum atomic E-state index is 11.7. The molecule has 2 aliphatic heterocycles. The van der Waals surface area contributed by atoms with E-state index in [2.05, 4.69) is 21.6 Å². The molecule has 23 heavy (non-hydrogen) atoms. The van der Waals surface area contributed by atoms with Crippen LogP contribution in [-0.4, -0.2) is 28.6 Å². The van der Waals surface area contributed by atoms with Crippen LogP contribution in [0.1, 0.15) is 31.2 Å². The summed E-state index contributed by atoms with van der Waals surface area (Å²) in [4.78, 5) is 2.16. The first-order valence-corrected chi connectivity index (χ1v) is 8.53. The molecule has 1 unspecified atom stereocenters. The summed E-state index contributed by atoms with van der Waals surface area (Å²) in [5.74, 6) is 1.26. The fourth-order valence-electron chi connectivity index (χ4n) is 3.89. The number of para-hydroxylation sites is 1. The molecule has 1 atom stereocenters. The number of anilines is 1. The van der Waals surface area contributed by atoms with Crippen LogP contribution in [0.3, 0.4) is 0 Å². The van der Waals surface area contributed by atoms with Crippen LogP contribution < -0.4 is 4.90 Å². The molecule has 3 heteroatoms. The van der Waals surface area contributed by atoms with Crippen LogP contribution in [-0.2, 0) is 5.72 Å². The van der Waals surface area contributed by atoms with Crippen LogP contribution in [0, 0.1) is 0 Å². The molecule has 0 bridgehead atoms. The number of rotatable bonds is 2. The minimum Gasteiger partial charge on any atom is -0.346 e. The van der Waals surface area contributed by atoms with Crippen molar-refractivity contribution in [2.24, 2.45) is 0 Å². The van der Waals surface area contributed by atoms with Gasteiger partial charge in [0.25, 0.3) is 11.6 Å². The first-order chi connectivity index (χ1) is 11.3. The number of hydrogen-bond donors (Lipinski definition) is 1. The van der Waals surface area contributed by atoms with Gasteiger partial charge in [0.05, 0.1) is 6.54 Å². The number of benzene rings is 2. The highest BCUT2D eigenvalue weighted by atomic mass is 16.3. The van der Waals surface area contributed by atoms with E-state index >= 15 is 0 Å². The molecule has 2 aromatic rings. The minimum absolute atomic E-state index is 0.640. The summed E-state index contributed by atoms with van der Waals surface area (Å²) in [6, 6.07) is 20.4. The molecule has 2 heterocycles. The topological polar surface area (TPSA) is 26.5 Å². The monoisotopic (exact) mass is 307 g/mol. The summed E-state index contributed by atoms with van der Waals surface area (Å²) >= 11 is 0. The standard InChI is InChI=1S/C20H23N2O/c23-20(17-10-4-1-5-11-17)16-21-15-9-3-8-14-19(21)22(20)18-12-6-2-7-13-18/h1-2,4-7,10-13,23H,3,8-9,14-16H2/q+1. The summed E-state index contributed by atoms with van der Waals surface area (Å²) < 4.78 is 2.38. The van der Waals surface area contributed by atoms with Crippen LogP contribution in [0.5, 0.6) is 0 Å². The van der Waals surface area contributed by atoms with Crippen molar-refractivity contribution in [1.29, 1.82) is 0 Å². The zero-order chi connectivity index (χ0) is 15.7. The lowest BCUT2D eigenvalue weighted by Crippen LogP contribution is -2.47. The van der Waals surface area contributed by atoms with Crippen LogP contribution in [0.25, 0.3) is 0 Å². The number of hydrogen-bond acceptors (Lipinski definition) is 2. The van der Waals surface area contributed by atoms with Crippen LogP contribution in [0.2, 0.25) is 0 Å². The van der Waals surface area contributed by atoms with Gasteiger partial charge in [-0.1, -0.05) is 48.5 Å². The van der Waals surface area contributed by atoms with Gasteiger partial charge in [-0.15, -0.1) is 0 Å². The summed E-state index contributed by atoms with van der Waals surface area (Å²) in [5, 5.41) is 11.7. The van der Waals surface area contributed by atoms with Crippen molar-refractivity contribution in [3.8, 4) is 0 Å². The van der Waals surface area contributed by atoms with Crippen molar-refractivity contribution in [3.05, 3.63) is 66.2 Å². The fourth-order valence-corrected chi connectivity index (χ4v) is 3.89. The van der Waals surface area contributed by atoms with Crippen LogP contribution >= 0.6 is 0 Å². The van der Waals surface area contributed by atoms with E-state index in [4.69, 9.17) is 0 Å². The van der Waals surface area contributed by atoms with Crippen molar-refractivity contribution in [2.45, 2.75) is 31.4 Å². The highest BCUT2D eigenvalue weighted by molar-refractivity contribution is 5.97. The first kappa shape index (κ1) is 14.5. The van der Waals surface area contributed by atoms with Gasteiger partial charge in [0, 0.05) is 12.0 Å². The second-order valence-electron chi connectivity index (χ2n) is 6.50. The predicted octanol–water partition coefficient (Wildman–Crippen LogP) is 3.34. The maximum absolute atomic E-state index is 11.7. The zero-order valence-corrected chi connectivity index (χ0v) is 13.4. The molecule has 0 spiro atoms. The maximum Gasteiger partial charge on any atom is 0.275 e. The van der Waals surface area contributed by atoms with Gasteiger partial charge in [0.1, 0.15) is 5.69 Å².